The van der Waals surface area contributed by atoms with Crippen molar-refractivity contribution in [3.63, 3.8) is 0 Å². The third-order valence-corrected chi connectivity index (χ3v) is 5.87. The Kier molecular flexibility index (Phi) is 5.70. The lowest BCUT2D eigenvalue weighted by atomic mass is 9.74. The number of rotatable bonds is 6. The number of aliphatic carboxylic acids is 1. The summed E-state index contributed by atoms with van der Waals surface area (Å²) in [6.07, 6.45) is 8.70. The molecule has 0 radical (unpaired) electrons. The number of carboxylic acids is 1. The van der Waals surface area contributed by atoms with E-state index in [9.17, 15) is 19.8 Å². The summed E-state index contributed by atoms with van der Waals surface area (Å²) in [6, 6.07) is 11.1. The molecule has 1 aromatic carbocycles. The largest absolute Gasteiger partial charge is 0.505 e. The lowest BCUT2D eigenvalue weighted by molar-refractivity contribution is -0.150. The van der Waals surface area contributed by atoms with Crippen LogP contribution in [0.15, 0.2) is 55.0 Å². The minimum absolute atomic E-state index is 0.0217. The smallest absolute Gasteiger partial charge is 0.311 e. The van der Waals surface area contributed by atoms with E-state index in [0.717, 1.165) is 30.5 Å². The van der Waals surface area contributed by atoms with E-state index in [1.807, 2.05) is 36.5 Å². The first-order valence-electron chi connectivity index (χ1n) is 10.3. The third-order valence-electron chi connectivity index (χ3n) is 5.87. The van der Waals surface area contributed by atoms with E-state index >= 15 is 0 Å². The molecular formula is C23H24N4O4. The van der Waals surface area contributed by atoms with E-state index in [1.165, 1.54) is 12.3 Å². The van der Waals surface area contributed by atoms with E-state index in [0.29, 0.717) is 18.4 Å². The van der Waals surface area contributed by atoms with Gasteiger partial charge in [-0.1, -0.05) is 37.5 Å². The van der Waals surface area contributed by atoms with Crippen molar-refractivity contribution in [3.05, 3.63) is 60.7 Å². The molecule has 0 spiro atoms. The highest BCUT2D eigenvalue weighted by atomic mass is 16.4. The van der Waals surface area contributed by atoms with Crippen molar-refractivity contribution in [2.75, 3.05) is 6.54 Å². The quantitative estimate of drug-likeness (QED) is 0.563. The normalized spacial score (nSPS) is 15.4. The number of hydrogen-bond acceptors (Lipinski definition) is 5. The lowest BCUT2D eigenvalue weighted by Gasteiger charge is -2.33. The van der Waals surface area contributed by atoms with Gasteiger partial charge in [-0.2, -0.15) is 5.10 Å². The predicted molar refractivity (Wildman–Crippen MR) is 114 cm³/mol. The molecule has 4 rings (SSSR count). The van der Waals surface area contributed by atoms with Gasteiger partial charge in [-0.25, -0.2) is 9.67 Å². The maximum atomic E-state index is 12.6. The molecule has 31 heavy (non-hydrogen) atoms. The summed E-state index contributed by atoms with van der Waals surface area (Å²) >= 11 is 0. The molecule has 2 heterocycles. The first-order chi connectivity index (χ1) is 15.0. The van der Waals surface area contributed by atoms with Gasteiger partial charge in [-0.3, -0.25) is 9.59 Å². The molecule has 0 bridgehead atoms. The van der Waals surface area contributed by atoms with E-state index < -0.39 is 17.3 Å². The van der Waals surface area contributed by atoms with Crippen molar-refractivity contribution in [3.8, 4) is 22.6 Å². The number of carbonyl (C=O) groups is 2. The highest BCUT2D eigenvalue weighted by molar-refractivity contribution is 5.95. The van der Waals surface area contributed by atoms with Gasteiger partial charge < -0.3 is 15.5 Å². The Morgan fingerprint density at radius 2 is 1.81 bits per heavy atom. The summed E-state index contributed by atoms with van der Waals surface area (Å²) in [5, 5.41) is 27.0. The highest BCUT2D eigenvalue weighted by Crippen LogP contribution is 2.36. The number of carboxylic acid groups (broad SMARTS) is 1. The molecule has 1 fully saturated rings. The number of carbonyl (C=O) groups excluding carboxylic acids is 1. The number of amides is 1. The molecule has 8 heteroatoms. The van der Waals surface area contributed by atoms with E-state index in [-0.39, 0.29) is 18.0 Å². The SMILES string of the molecule is O=C(NCC1(C(=O)O)CCCCC1)c1ncc(-c2cnn(-c3ccccc3)c2)cc1O. The highest BCUT2D eigenvalue weighted by Gasteiger charge is 2.40. The zero-order valence-corrected chi connectivity index (χ0v) is 17.0. The van der Waals surface area contributed by atoms with Crippen molar-refractivity contribution in [1.82, 2.24) is 20.1 Å². The fourth-order valence-corrected chi connectivity index (χ4v) is 4.01. The molecular weight excluding hydrogens is 396 g/mol. The van der Waals surface area contributed by atoms with Crippen LogP contribution in [0.1, 0.15) is 42.6 Å². The Labute approximate surface area is 179 Å². The summed E-state index contributed by atoms with van der Waals surface area (Å²) < 4.78 is 1.71. The maximum Gasteiger partial charge on any atom is 0.311 e. The first-order valence-corrected chi connectivity index (χ1v) is 10.3. The Morgan fingerprint density at radius 3 is 2.48 bits per heavy atom. The molecule has 8 nitrogen and oxygen atoms in total. The Bertz CT molecular complexity index is 1090. The molecule has 3 N–H and O–H groups in total. The van der Waals surface area contributed by atoms with Crippen LogP contribution in [0.5, 0.6) is 5.75 Å². The molecule has 1 aliphatic rings. The van der Waals surface area contributed by atoms with Crippen LogP contribution in [-0.2, 0) is 4.79 Å². The molecule has 3 aromatic rings. The van der Waals surface area contributed by atoms with Gasteiger partial charge in [0.05, 0.1) is 17.3 Å². The molecule has 0 aliphatic heterocycles. The van der Waals surface area contributed by atoms with Crippen molar-refractivity contribution >= 4 is 11.9 Å². The number of aromatic nitrogens is 3. The number of para-hydroxylation sites is 1. The van der Waals surface area contributed by atoms with Crippen LogP contribution in [0.2, 0.25) is 0 Å². The number of hydrogen-bond donors (Lipinski definition) is 3. The number of benzene rings is 1. The maximum absolute atomic E-state index is 12.6. The molecule has 1 amide bonds. The minimum Gasteiger partial charge on any atom is -0.505 e. The first kappa shape index (κ1) is 20.6. The number of aromatic hydroxyl groups is 1. The fraction of sp³-hybridized carbons (Fsp3) is 0.304. The monoisotopic (exact) mass is 420 g/mol. The molecule has 160 valence electrons. The summed E-state index contributed by atoms with van der Waals surface area (Å²) in [5.74, 6) is -1.75. The van der Waals surface area contributed by atoms with Crippen LogP contribution in [-0.4, -0.2) is 43.4 Å². The molecule has 0 saturated heterocycles. The van der Waals surface area contributed by atoms with Crippen LogP contribution in [0.25, 0.3) is 16.8 Å². The van der Waals surface area contributed by atoms with E-state index in [4.69, 9.17) is 0 Å². The zero-order chi connectivity index (χ0) is 21.8. The molecule has 0 atom stereocenters. The van der Waals surface area contributed by atoms with Crippen LogP contribution >= 0.6 is 0 Å². The van der Waals surface area contributed by atoms with Crippen molar-refractivity contribution in [2.45, 2.75) is 32.1 Å². The summed E-state index contributed by atoms with van der Waals surface area (Å²) in [7, 11) is 0. The average Bonchev–Trinajstić information content (AvgIpc) is 3.29. The summed E-state index contributed by atoms with van der Waals surface area (Å²) in [4.78, 5) is 28.5. The Balaban J connectivity index is 1.48. The van der Waals surface area contributed by atoms with Crippen LogP contribution in [0, 0.1) is 5.41 Å². The molecule has 1 aliphatic carbocycles. The van der Waals surface area contributed by atoms with Gasteiger partial charge in [0.1, 0.15) is 5.75 Å². The second-order valence-electron chi connectivity index (χ2n) is 7.93. The van der Waals surface area contributed by atoms with Gasteiger partial charge in [0.2, 0.25) is 0 Å². The molecule has 1 saturated carbocycles. The fourth-order valence-electron chi connectivity index (χ4n) is 4.01. The van der Waals surface area contributed by atoms with Gasteiger partial charge in [-0.15, -0.1) is 0 Å². The Hall–Kier alpha value is -3.68. The second kappa shape index (κ2) is 8.59. The summed E-state index contributed by atoms with van der Waals surface area (Å²) in [6.45, 7) is 0.0217. The van der Waals surface area contributed by atoms with Gasteiger partial charge in [0.15, 0.2) is 5.69 Å². The van der Waals surface area contributed by atoms with E-state index in [1.54, 1.807) is 10.9 Å². The van der Waals surface area contributed by atoms with Gasteiger partial charge in [0.25, 0.3) is 5.91 Å². The van der Waals surface area contributed by atoms with Crippen LogP contribution < -0.4 is 5.32 Å². The van der Waals surface area contributed by atoms with Crippen molar-refractivity contribution in [2.24, 2.45) is 5.41 Å². The Morgan fingerprint density at radius 1 is 1.06 bits per heavy atom. The average molecular weight is 420 g/mol. The van der Waals surface area contributed by atoms with Crippen molar-refractivity contribution in [1.29, 1.82) is 0 Å². The van der Waals surface area contributed by atoms with Crippen LogP contribution in [0.4, 0.5) is 0 Å². The number of nitrogens with one attached hydrogen (secondary N) is 1. The standard InChI is InChI=1S/C23H24N4O4/c28-19-11-16(17-13-26-27(14-17)18-7-3-1-4-8-18)12-24-20(19)21(29)25-15-23(22(30)31)9-5-2-6-10-23/h1,3-4,7-8,11-14,28H,2,5-6,9-10,15H2,(H,25,29)(H,30,31). The predicted octanol–water partition coefficient (Wildman–Crippen LogP) is 3.40. The van der Waals surface area contributed by atoms with Gasteiger partial charge >= 0.3 is 5.97 Å². The zero-order valence-electron chi connectivity index (χ0n) is 17.0. The molecule has 2 aromatic heterocycles. The van der Waals surface area contributed by atoms with Crippen molar-refractivity contribution < 1.29 is 19.8 Å². The molecule has 0 unspecified atom stereocenters. The number of pyridine rings is 1. The second-order valence-corrected chi connectivity index (χ2v) is 7.93. The number of nitrogens with zero attached hydrogens (tertiary/aromatic N) is 3. The topological polar surface area (TPSA) is 117 Å². The minimum atomic E-state index is -0.949. The third kappa shape index (κ3) is 4.28. The summed E-state index contributed by atoms with van der Waals surface area (Å²) in [5.41, 5.74) is 1.18. The van der Waals surface area contributed by atoms with Gasteiger partial charge in [0, 0.05) is 30.1 Å². The van der Waals surface area contributed by atoms with Gasteiger partial charge in [-0.05, 0) is 31.0 Å². The van der Waals surface area contributed by atoms with Crippen LogP contribution in [0.3, 0.4) is 0 Å². The lowest BCUT2D eigenvalue weighted by Crippen LogP contribution is -2.44. The van der Waals surface area contributed by atoms with E-state index in [2.05, 4.69) is 15.4 Å².